The Kier molecular flexibility index (Phi) is 3.07. The van der Waals surface area contributed by atoms with Gasteiger partial charge in [0.05, 0.1) is 6.04 Å². The number of likely N-dealkylation sites (tertiary alicyclic amines) is 1. The van der Waals surface area contributed by atoms with Gasteiger partial charge >= 0.3 is 0 Å². The molecule has 21 heavy (non-hydrogen) atoms. The Morgan fingerprint density at radius 2 is 2.14 bits per heavy atom. The summed E-state index contributed by atoms with van der Waals surface area (Å²) in [5.74, 6) is 1.57. The van der Waals surface area contributed by atoms with Gasteiger partial charge in [-0.15, -0.1) is 0 Å². The van der Waals surface area contributed by atoms with Crippen LogP contribution in [0.4, 0.5) is 5.82 Å². The summed E-state index contributed by atoms with van der Waals surface area (Å²) >= 11 is 0. The fourth-order valence-corrected chi connectivity index (χ4v) is 2.69. The number of anilines is 1. The third-order valence-electron chi connectivity index (χ3n) is 3.67. The summed E-state index contributed by atoms with van der Waals surface area (Å²) in [5, 5.41) is 7.57. The first-order valence-electron chi connectivity index (χ1n) is 7.09. The van der Waals surface area contributed by atoms with Crippen LogP contribution >= 0.6 is 0 Å². The molecule has 0 aliphatic carbocycles. The maximum absolute atomic E-state index is 12.1. The van der Waals surface area contributed by atoms with Crippen molar-refractivity contribution in [2.75, 3.05) is 11.9 Å². The predicted molar refractivity (Wildman–Crippen MR) is 79.0 cm³/mol. The van der Waals surface area contributed by atoms with Gasteiger partial charge in [-0.3, -0.25) is 4.79 Å². The molecule has 0 spiro atoms. The molecule has 3 heterocycles. The molecule has 3 rings (SSSR count). The molecule has 112 valence electrons. The average Bonchev–Trinajstić information content (AvgIpc) is 2.94. The maximum atomic E-state index is 12.1. The van der Waals surface area contributed by atoms with Gasteiger partial charge in [-0.1, -0.05) is 0 Å². The summed E-state index contributed by atoms with van der Waals surface area (Å²) in [6.07, 6.45) is 1.98. The number of carbonyl (C=O) groups is 1. The number of nitrogens with zero attached hydrogens (tertiary/aromatic N) is 5. The number of hydrogen-bond donors (Lipinski definition) is 1. The van der Waals surface area contributed by atoms with Crippen molar-refractivity contribution in [1.29, 1.82) is 0 Å². The van der Waals surface area contributed by atoms with Gasteiger partial charge in [-0.05, 0) is 27.7 Å². The molecular weight excluding hydrogens is 268 g/mol. The summed E-state index contributed by atoms with van der Waals surface area (Å²) in [7, 11) is 0. The number of fused-ring (bicyclic) bond motifs is 1. The van der Waals surface area contributed by atoms with Gasteiger partial charge in [0.15, 0.2) is 0 Å². The SMILES string of the molecule is Cc1cc(NC2CC(=O)N(C(C)(C)C)C2)n2ncnc2n1. The van der Waals surface area contributed by atoms with Crippen molar-refractivity contribution in [1.82, 2.24) is 24.5 Å². The van der Waals surface area contributed by atoms with Gasteiger partial charge in [0.2, 0.25) is 5.91 Å². The maximum Gasteiger partial charge on any atom is 0.254 e. The van der Waals surface area contributed by atoms with Crippen molar-refractivity contribution >= 4 is 17.5 Å². The molecule has 1 atom stereocenters. The minimum Gasteiger partial charge on any atom is -0.365 e. The van der Waals surface area contributed by atoms with Crippen molar-refractivity contribution in [3.63, 3.8) is 0 Å². The molecule has 1 amide bonds. The molecule has 0 saturated carbocycles. The first-order chi connectivity index (χ1) is 9.84. The first kappa shape index (κ1) is 13.8. The summed E-state index contributed by atoms with van der Waals surface area (Å²) in [4.78, 5) is 22.5. The molecule has 0 radical (unpaired) electrons. The Hall–Kier alpha value is -2.18. The molecule has 1 aliphatic rings. The van der Waals surface area contributed by atoms with E-state index in [2.05, 4.69) is 41.2 Å². The normalized spacial score (nSPS) is 19.5. The minimum atomic E-state index is -0.149. The molecule has 1 N–H and O–H groups in total. The first-order valence-corrected chi connectivity index (χ1v) is 7.09. The van der Waals surface area contributed by atoms with Gasteiger partial charge < -0.3 is 10.2 Å². The van der Waals surface area contributed by atoms with Crippen molar-refractivity contribution < 1.29 is 4.79 Å². The Labute approximate surface area is 123 Å². The summed E-state index contributed by atoms with van der Waals surface area (Å²) in [6, 6.07) is 2.00. The smallest absolute Gasteiger partial charge is 0.254 e. The summed E-state index contributed by atoms with van der Waals surface area (Å²) < 4.78 is 1.66. The van der Waals surface area contributed by atoms with E-state index in [1.807, 2.05) is 17.9 Å². The predicted octanol–water partition coefficient (Wildman–Crippen LogP) is 1.24. The van der Waals surface area contributed by atoms with Crippen LogP contribution in [0.3, 0.4) is 0 Å². The second-order valence-electron chi connectivity index (χ2n) is 6.48. The molecule has 1 saturated heterocycles. The van der Waals surface area contributed by atoms with Gasteiger partial charge in [-0.25, -0.2) is 4.98 Å². The van der Waals surface area contributed by atoms with Crippen LogP contribution < -0.4 is 5.32 Å². The van der Waals surface area contributed by atoms with Gasteiger partial charge in [0.1, 0.15) is 12.1 Å². The highest BCUT2D eigenvalue weighted by molar-refractivity contribution is 5.80. The van der Waals surface area contributed by atoms with Crippen molar-refractivity contribution in [2.24, 2.45) is 0 Å². The number of amides is 1. The fourth-order valence-electron chi connectivity index (χ4n) is 2.69. The quantitative estimate of drug-likeness (QED) is 0.900. The lowest BCUT2D eigenvalue weighted by atomic mass is 10.1. The van der Waals surface area contributed by atoms with E-state index in [9.17, 15) is 4.79 Å². The molecule has 1 aliphatic heterocycles. The molecule has 0 aromatic carbocycles. The number of rotatable bonds is 2. The number of hydrogen-bond acceptors (Lipinski definition) is 5. The van der Waals surface area contributed by atoms with Gasteiger partial charge in [-0.2, -0.15) is 14.6 Å². The van der Waals surface area contributed by atoms with E-state index >= 15 is 0 Å². The molecule has 2 aromatic heterocycles. The van der Waals surface area contributed by atoms with Crippen LogP contribution in [-0.4, -0.2) is 48.5 Å². The fraction of sp³-hybridized carbons (Fsp3) is 0.571. The lowest BCUT2D eigenvalue weighted by Crippen LogP contribution is -2.43. The number of aryl methyl sites for hydroxylation is 1. The average molecular weight is 288 g/mol. The standard InChI is InChI=1S/C14H20N6O/c1-9-5-11(20-13(17-9)15-8-16-20)18-10-6-12(21)19(7-10)14(2,3)4/h5,8,10,18H,6-7H2,1-4H3. The van der Waals surface area contributed by atoms with Crippen molar-refractivity contribution in [3.05, 3.63) is 18.1 Å². The Bertz CT molecular complexity index is 686. The van der Waals surface area contributed by atoms with Crippen LogP contribution in [0.2, 0.25) is 0 Å². The molecule has 7 nitrogen and oxygen atoms in total. The zero-order valence-corrected chi connectivity index (χ0v) is 12.8. The van der Waals surface area contributed by atoms with Crippen LogP contribution in [0, 0.1) is 6.92 Å². The number of carbonyl (C=O) groups excluding carboxylic acids is 1. The van der Waals surface area contributed by atoms with Crippen LogP contribution in [0.1, 0.15) is 32.9 Å². The van der Waals surface area contributed by atoms with E-state index in [0.717, 1.165) is 11.5 Å². The lowest BCUT2D eigenvalue weighted by molar-refractivity contribution is -0.131. The zero-order chi connectivity index (χ0) is 15.2. The van der Waals surface area contributed by atoms with E-state index in [1.54, 1.807) is 4.52 Å². The molecular formula is C14H20N6O. The highest BCUT2D eigenvalue weighted by Gasteiger charge is 2.36. The summed E-state index contributed by atoms with van der Waals surface area (Å²) in [6.45, 7) is 8.78. The van der Waals surface area contributed by atoms with Crippen molar-refractivity contribution in [2.45, 2.75) is 45.7 Å². The summed E-state index contributed by atoms with van der Waals surface area (Å²) in [5.41, 5.74) is 0.722. The Balaban J connectivity index is 1.84. The van der Waals surface area contributed by atoms with E-state index in [1.165, 1.54) is 6.33 Å². The van der Waals surface area contributed by atoms with Crippen LogP contribution in [0.5, 0.6) is 0 Å². The Morgan fingerprint density at radius 3 is 2.81 bits per heavy atom. The largest absolute Gasteiger partial charge is 0.365 e. The Morgan fingerprint density at radius 1 is 1.38 bits per heavy atom. The minimum absolute atomic E-state index is 0.0749. The molecule has 1 fully saturated rings. The highest BCUT2D eigenvalue weighted by atomic mass is 16.2. The number of aromatic nitrogens is 4. The topological polar surface area (TPSA) is 75.4 Å². The molecule has 7 heteroatoms. The monoisotopic (exact) mass is 288 g/mol. The molecule has 0 bridgehead atoms. The number of nitrogens with one attached hydrogen (secondary N) is 1. The van der Waals surface area contributed by atoms with E-state index in [4.69, 9.17) is 0 Å². The van der Waals surface area contributed by atoms with Crippen LogP contribution in [0.25, 0.3) is 5.78 Å². The second-order valence-corrected chi connectivity index (χ2v) is 6.48. The lowest BCUT2D eigenvalue weighted by Gasteiger charge is -2.32. The molecule has 1 unspecified atom stereocenters. The van der Waals surface area contributed by atoms with E-state index in [-0.39, 0.29) is 17.5 Å². The highest BCUT2D eigenvalue weighted by Crippen LogP contribution is 2.24. The van der Waals surface area contributed by atoms with Crippen LogP contribution in [0.15, 0.2) is 12.4 Å². The van der Waals surface area contributed by atoms with Crippen LogP contribution in [-0.2, 0) is 4.79 Å². The second kappa shape index (κ2) is 4.68. The van der Waals surface area contributed by atoms with Crippen molar-refractivity contribution in [3.8, 4) is 0 Å². The third-order valence-corrected chi connectivity index (χ3v) is 3.67. The third kappa shape index (κ3) is 2.55. The van der Waals surface area contributed by atoms with E-state index in [0.29, 0.717) is 18.7 Å². The van der Waals surface area contributed by atoms with E-state index < -0.39 is 0 Å². The molecule has 2 aromatic rings. The van der Waals surface area contributed by atoms with Gasteiger partial charge in [0, 0.05) is 30.3 Å². The van der Waals surface area contributed by atoms with Gasteiger partial charge in [0.25, 0.3) is 5.78 Å². The zero-order valence-electron chi connectivity index (χ0n) is 12.8.